The van der Waals surface area contributed by atoms with Crippen LogP contribution in [0.3, 0.4) is 0 Å². The van der Waals surface area contributed by atoms with Crippen molar-refractivity contribution in [1.29, 1.82) is 5.26 Å². The molecule has 2 heterocycles. The van der Waals surface area contributed by atoms with Crippen LogP contribution in [0.2, 0.25) is 0 Å². The number of anilines is 1. The van der Waals surface area contributed by atoms with Crippen molar-refractivity contribution >= 4 is 21.4 Å². The molecule has 8 nitrogen and oxygen atoms in total. The zero-order valence-corrected chi connectivity index (χ0v) is 23.6. The van der Waals surface area contributed by atoms with Crippen molar-refractivity contribution in [2.75, 3.05) is 29.5 Å². The molecule has 3 fully saturated rings. The van der Waals surface area contributed by atoms with Crippen LogP contribution in [-0.2, 0) is 14.6 Å². The zero-order chi connectivity index (χ0) is 29.7. The van der Waals surface area contributed by atoms with E-state index in [2.05, 4.69) is 11.4 Å². The maximum absolute atomic E-state index is 14.9. The van der Waals surface area contributed by atoms with Crippen LogP contribution in [0.5, 0.6) is 0 Å². The molecule has 3 aliphatic rings. The fraction of sp³-hybridized carbons (Fsp3) is 0.433. The van der Waals surface area contributed by atoms with Gasteiger partial charge in [-0.3, -0.25) is 4.79 Å². The number of benzene rings is 2. The second-order valence-electron chi connectivity index (χ2n) is 11.5. The molecule has 42 heavy (non-hydrogen) atoms. The molecule has 2 saturated carbocycles. The van der Waals surface area contributed by atoms with Gasteiger partial charge in [-0.2, -0.15) is 10.4 Å². The number of amides is 1. The van der Waals surface area contributed by atoms with E-state index in [0.717, 1.165) is 5.69 Å². The number of nitrogens with zero attached hydrogens (tertiary/aromatic N) is 4. The highest BCUT2D eigenvalue weighted by atomic mass is 32.2. The quantitative estimate of drug-likeness (QED) is 0.445. The average Bonchev–Trinajstić information content (AvgIpc) is 3.59. The Kier molecular flexibility index (Phi) is 7.04. The number of carbonyl (C=O) groups excluding carboxylic acids is 1. The fourth-order valence-electron chi connectivity index (χ4n) is 5.89. The lowest BCUT2D eigenvalue weighted by molar-refractivity contribution is -0.131. The van der Waals surface area contributed by atoms with Crippen molar-refractivity contribution in [3.8, 4) is 22.9 Å². The Hall–Kier alpha value is -3.85. The van der Waals surface area contributed by atoms with E-state index in [-0.39, 0.29) is 17.9 Å². The predicted molar refractivity (Wildman–Crippen MR) is 151 cm³/mol. The molecule has 1 aliphatic heterocycles. The van der Waals surface area contributed by atoms with E-state index >= 15 is 0 Å². The highest BCUT2D eigenvalue weighted by Gasteiger charge is 2.50. The van der Waals surface area contributed by atoms with Crippen LogP contribution in [0, 0.1) is 23.1 Å². The van der Waals surface area contributed by atoms with Gasteiger partial charge in [-0.15, -0.1) is 0 Å². The number of nitrogens with one attached hydrogen (secondary N) is 1. The summed E-state index contributed by atoms with van der Waals surface area (Å²) in [4.78, 5) is 15.4. The minimum absolute atomic E-state index is 0.0509. The normalized spacial score (nSPS) is 24.0. The number of halogens is 3. The van der Waals surface area contributed by atoms with Crippen LogP contribution < -0.4 is 10.2 Å². The number of alkyl halides is 2. The summed E-state index contributed by atoms with van der Waals surface area (Å²) in [5.74, 6) is -5.42. The standard InChI is InChI=1S/C30H30F3N5O3S/c31-21-3-7-23(8-4-21)38-18-26(20-1-5-22(6-2-20)37-13-15-42(40,41)16-14-37)27(36-38)25-17-30(32,33)10-9-24(25)28(39)35-29(19-34)11-12-29/h1-8,18,24-25H,9-17H2,(H,35,39). The van der Waals surface area contributed by atoms with Crippen LogP contribution in [0.25, 0.3) is 16.8 Å². The summed E-state index contributed by atoms with van der Waals surface area (Å²) in [7, 11) is -3.04. The van der Waals surface area contributed by atoms with Crippen molar-refractivity contribution in [1.82, 2.24) is 15.1 Å². The van der Waals surface area contributed by atoms with Gasteiger partial charge in [0.2, 0.25) is 11.8 Å². The summed E-state index contributed by atoms with van der Waals surface area (Å²) >= 11 is 0. The first-order valence-corrected chi connectivity index (χ1v) is 15.8. The van der Waals surface area contributed by atoms with Crippen LogP contribution in [-0.4, -0.2) is 60.2 Å². The molecule has 1 aromatic heterocycles. The summed E-state index contributed by atoms with van der Waals surface area (Å²) < 4.78 is 68.7. The van der Waals surface area contributed by atoms with Gasteiger partial charge in [0.1, 0.15) is 11.4 Å². The van der Waals surface area contributed by atoms with Crippen LogP contribution in [0.4, 0.5) is 18.9 Å². The molecule has 0 radical (unpaired) electrons. The molecule has 2 atom stereocenters. The van der Waals surface area contributed by atoms with Crippen LogP contribution in [0.15, 0.2) is 54.7 Å². The Morgan fingerprint density at radius 1 is 1.00 bits per heavy atom. The highest BCUT2D eigenvalue weighted by Crippen LogP contribution is 2.48. The molecule has 0 bridgehead atoms. The SMILES string of the molecule is N#CC1(NC(=O)C2CCC(F)(F)CC2c2nn(-c3ccc(F)cc3)cc2-c2ccc(N3CCS(=O)(=O)CC3)cc2)CC1. The molecule has 2 unspecified atom stereocenters. The van der Waals surface area contributed by atoms with Gasteiger partial charge in [0.15, 0.2) is 9.84 Å². The number of sulfone groups is 1. The first-order valence-electron chi connectivity index (χ1n) is 14.0. The second kappa shape index (κ2) is 10.5. The lowest BCUT2D eigenvalue weighted by Gasteiger charge is -2.35. The lowest BCUT2D eigenvalue weighted by atomic mass is 9.74. The number of hydrogen-bond acceptors (Lipinski definition) is 6. The van der Waals surface area contributed by atoms with E-state index in [0.29, 0.717) is 48.4 Å². The van der Waals surface area contributed by atoms with Gasteiger partial charge in [-0.05, 0) is 61.2 Å². The molecule has 6 rings (SSSR count). The van der Waals surface area contributed by atoms with Crippen molar-refractivity contribution in [2.24, 2.45) is 5.92 Å². The zero-order valence-electron chi connectivity index (χ0n) is 22.8. The first kappa shape index (κ1) is 28.3. The highest BCUT2D eigenvalue weighted by molar-refractivity contribution is 7.91. The van der Waals surface area contributed by atoms with Crippen molar-refractivity contribution in [3.63, 3.8) is 0 Å². The van der Waals surface area contributed by atoms with E-state index in [9.17, 15) is 31.6 Å². The van der Waals surface area contributed by atoms with Gasteiger partial charge in [0.05, 0.1) is 29.0 Å². The smallest absolute Gasteiger partial charge is 0.248 e. The maximum atomic E-state index is 14.9. The van der Waals surface area contributed by atoms with Gasteiger partial charge < -0.3 is 10.2 Å². The molecule has 0 spiro atoms. The van der Waals surface area contributed by atoms with E-state index in [4.69, 9.17) is 5.10 Å². The maximum Gasteiger partial charge on any atom is 0.248 e. The van der Waals surface area contributed by atoms with Gasteiger partial charge in [0, 0.05) is 55.2 Å². The summed E-state index contributed by atoms with van der Waals surface area (Å²) in [5.41, 5.74) is 2.03. The molecular weight excluding hydrogens is 567 g/mol. The average molecular weight is 598 g/mol. The third-order valence-corrected chi connectivity index (χ3v) is 10.2. The first-order chi connectivity index (χ1) is 20.0. The lowest BCUT2D eigenvalue weighted by Crippen LogP contribution is -2.45. The molecule has 2 aromatic carbocycles. The Morgan fingerprint density at radius 3 is 2.26 bits per heavy atom. The van der Waals surface area contributed by atoms with E-state index in [1.54, 1.807) is 6.20 Å². The summed E-state index contributed by atoms with van der Waals surface area (Å²) in [6, 6.07) is 15.1. The third-order valence-electron chi connectivity index (χ3n) is 8.56. The van der Waals surface area contributed by atoms with Crippen molar-refractivity contribution in [2.45, 2.75) is 49.5 Å². The van der Waals surface area contributed by atoms with Crippen LogP contribution in [0.1, 0.15) is 43.7 Å². The molecular formula is C30H30F3N5O3S. The van der Waals surface area contributed by atoms with E-state index in [1.165, 1.54) is 28.9 Å². The Morgan fingerprint density at radius 2 is 1.64 bits per heavy atom. The minimum atomic E-state index is -3.04. The number of aromatic nitrogens is 2. The molecule has 2 aliphatic carbocycles. The fourth-order valence-corrected chi connectivity index (χ4v) is 7.09. The number of hydrogen-bond donors (Lipinski definition) is 1. The Bertz CT molecular complexity index is 1630. The van der Waals surface area contributed by atoms with Gasteiger partial charge in [-0.25, -0.2) is 26.3 Å². The Labute approximate surface area is 242 Å². The topological polar surface area (TPSA) is 108 Å². The largest absolute Gasteiger partial charge is 0.369 e. The summed E-state index contributed by atoms with van der Waals surface area (Å²) in [6.07, 6.45) is 1.70. The number of rotatable bonds is 6. The monoisotopic (exact) mass is 597 g/mol. The van der Waals surface area contributed by atoms with Gasteiger partial charge in [0.25, 0.3) is 0 Å². The van der Waals surface area contributed by atoms with Gasteiger partial charge >= 0.3 is 0 Å². The summed E-state index contributed by atoms with van der Waals surface area (Å²) in [6.45, 7) is 0.765. The number of nitriles is 1. The van der Waals surface area contributed by atoms with Crippen molar-refractivity contribution in [3.05, 3.63) is 66.2 Å². The summed E-state index contributed by atoms with van der Waals surface area (Å²) in [5, 5.41) is 17.0. The van der Waals surface area contributed by atoms with E-state index < -0.39 is 57.7 Å². The second-order valence-corrected chi connectivity index (χ2v) is 13.8. The molecule has 1 saturated heterocycles. The molecule has 12 heteroatoms. The molecule has 1 amide bonds. The van der Waals surface area contributed by atoms with Crippen molar-refractivity contribution < 1.29 is 26.4 Å². The third kappa shape index (κ3) is 5.75. The van der Waals surface area contributed by atoms with Gasteiger partial charge in [-0.1, -0.05) is 12.1 Å². The number of carbonyl (C=O) groups is 1. The Balaban J connectivity index is 1.38. The van der Waals surface area contributed by atoms with Crippen LogP contribution >= 0.6 is 0 Å². The molecule has 3 aromatic rings. The molecule has 220 valence electrons. The molecule has 1 N–H and O–H groups in total. The minimum Gasteiger partial charge on any atom is -0.369 e. The predicted octanol–water partition coefficient (Wildman–Crippen LogP) is 4.60. The van der Waals surface area contributed by atoms with E-state index in [1.807, 2.05) is 29.2 Å².